The van der Waals surface area contributed by atoms with Crippen LogP contribution in [0, 0.1) is 0 Å². The van der Waals surface area contributed by atoms with Gasteiger partial charge in [-0.3, -0.25) is 9.78 Å². The first-order valence-electron chi connectivity index (χ1n) is 5.75. The van der Waals surface area contributed by atoms with Crippen LogP contribution in [0.15, 0.2) is 48.7 Å². The minimum Gasteiger partial charge on any atom is -0.389 e. The molecule has 1 heterocycles. The highest BCUT2D eigenvalue weighted by Gasteiger charge is 2.05. The predicted molar refractivity (Wildman–Crippen MR) is 77.7 cm³/mol. The summed E-state index contributed by atoms with van der Waals surface area (Å²) in [6.07, 6.45) is 1.69. The number of benzene rings is 1. The molecule has 2 rings (SSSR count). The summed E-state index contributed by atoms with van der Waals surface area (Å²) in [6.45, 7) is 0.400. The lowest BCUT2D eigenvalue weighted by Crippen LogP contribution is -2.23. The zero-order chi connectivity index (χ0) is 13.7. The fourth-order valence-electron chi connectivity index (χ4n) is 1.56. The topological polar surface area (TPSA) is 68.0 Å². The Kier molecular flexibility index (Phi) is 4.20. The van der Waals surface area contributed by atoms with E-state index in [-0.39, 0.29) is 5.91 Å². The van der Waals surface area contributed by atoms with Crippen LogP contribution in [0.2, 0.25) is 0 Å². The number of hydrogen-bond acceptors (Lipinski definition) is 3. The quantitative estimate of drug-likeness (QED) is 0.830. The molecule has 0 unspecified atom stereocenters. The average Bonchev–Trinajstić information content (AvgIpc) is 2.46. The number of thiocarbonyl (C=S) groups is 1. The van der Waals surface area contributed by atoms with Crippen LogP contribution in [-0.2, 0) is 6.54 Å². The van der Waals surface area contributed by atoms with Crippen molar-refractivity contribution in [1.29, 1.82) is 0 Å². The Morgan fingerprint density at radius 1 is 1.16 bits per heavy atom. The summed E-state index contributed by atoms with van der Waals surface area (Å²) >= 11 is 4.86. The van der Waals surface area contributed by atoms with Gasteiger partial charge in [0.2, 0.25) is 0 Å². The molecular weight excluding hydrogens is 258 g/mol. The molecule has 1 aromatic carbocycles. The summed E-state index contributed by atoms with van der Waals surface area (Å²) < 4.78 is 0. The smallest absolute Gasteiger partial charge is 0.251 e. The van der Waals surface area contributed by atoms with Crippen LogP contribution in [0.25, 0.3) is 0 Å². The molecule has 0 fully saturated rings. The summed E-state index contributed by atoms with van der Waals surface area (Å²) in [5, 5.41) is 2.80. The Bertz CT molecular complexity index is 581. The highest BCUT2D eigenvalue weighted by atomic mass is 32.1. The third kappa shape index (κ3) is 3.59. The summed E-state index contributed by atoms with van der Waals surface area (Å²) in [4.78, 5) is 16.3. The van der Waals surface area contributed by atoms with Gasteiger partial charge in [0.25, 0.3) is 5.91 Å². The molecule has 5 heteroatoms. The number of pyridine rings is 1. The van der Waals surface area contributed by atoms with Crippen LogP contribution in [-0.4, -0.2) is 15.9 Å². The van der Waals surface area contributed by atoms with Gasteiger partial charge in [0.15, 0.2) is 0 Å². The van der Waals surface area contributed by atoms with E-state index in [4.69, 9.17) is 18.0 Å². The Morgan fingerprint density at radius 2 is 1.84 bits per heavy atom. The SMILES string of the molecule is NC(=S)c1ccc(C(=O)NCc2ccccn2)cc1. The maximum absolute atomic E-state index is 11.9. The molecule has 0 aliphatic carbocycles. The van der Waals surface area contributed by atoms with Gasteiger partial charge < -0.3 is 11.1 Å². The summed E-state index contributed by atoms with van der Waals surface area (Å²) in [6, 6.07) is 12.4. The maximum atomic E-state index is 11.9. The fourth-order valence-corrected chi connectivity index (χ4v) is 1.70. The molecule has 1 aromatic heterocycles. The van der Waals surface area contributed by atoms with Gasteiger partial charge in [-0.05, 0) is 24.3 Å². The van der Waals surface area contributed by atoms with Gasteiger partial charge in [-0.25, -0.2) is 0 Å². The van der Waals surface area contributed by atoms with Gasteiger partial charge in [0.1, 0.15) is 4.99 Å². The van der Waals surface area contributed by atoms with Crippen molar-refractivity contribution in [3.05, 3.63) is 65.5 Å². The van der Waals surface area contributed by atoms with E-state index in [0.29, 0.717) is 17.1 Å². The standard InChI is InChI=1S/C14H13N3OS/c15-13(19)10-4-6-11(7-5-10)14(18)17-9-12-3-1-2-8-16-12/h1-8H,9H2,(H2,15,19)(H,17,18). The van der Waals surface area contributed by atoms with E-state index in [1.54, 1.807) is 30.5 Å². The van der Waals surface area contributed by atoms with Crippen molar-refractivity contribution < 1.29 is 4.79 Å². The fraction of sp³-hybridized carbons (Fsp3) is 0.0714. The molecule has 0 saturated carbocycles. The first-order valence-corrected chi connectivity index (χ1v) is 6.15. The molecule has 0 saturated heterocycles. The van der Waals surface area contributed by atoms with E-state index in [0.717, 1.165) is 11.3 Å². The van der Waals surface area contributed by atoms with E-state index < -0.39 is 0 Å². The van der Waals surface area contributed by atoms with E-state index in [9.17, 15) is 4.79 Å². The largest absolute Gasteiger partial charge is 0.389 e. The first kappa shape index (κ1) is 13.2. The Balaban J connectivity index is 1.98. The summed E-state index contributed by atoms with van der Waals surface area (Å²) in [5.74, 6) is -0.153. The normalized spacial score (nSPS) is 9.89. The van der Waals surface area contributed by atoms with Crippen molar-refractivity contribution in [3.63, 3.8) is 0 Å². The molecule has 0 radical (unpaired) electrons. The summed E-state index contributed by atoms with van der Waals surface area (Å²) in [7, 11) is 0. The Morgan fingerprint density at radius 3 is 2.42 bits per heavy atom. The maximum Gasteiger partial charge on any atom is 0.251 e. The number of carbonyl (C=O) groups is 1. The number of nitrogens with two attached hydrogens (primary N) is 1. The number of amides is 1. The minimum atomic E-state index is -0.153. The van der Waals surface area contributed by atoms with Crippen LogP contribution in [0.3, 0.4) is 0 Å². The third-order valence-corrected chi connectivity index (χ3v) is 2.82. The third-order valence-electron chi connectivity index (χ3n) is 2.59. The molecule has 0 aliphatic heterocycles. The lowest BCUT2D eigenvalue weighted by molar-refractivity contribution is 0.0950. The van der Waals surface area contributed by atoms with Crippen LogP contribution < -0.4 is 11.1 Å². The van der Waals surface area contributed by atoms with E-state index in [2.05, 4.69) is 10.3 Å². The highest BCUT2D eigenvalue weighted by molar-refractivity contribution is 7.80. The van der Waals surface area contributed by atoms with Gasteiger partial charge >= 0.3 is 0 Å². The number of rotatable bonds is 4. The second-order valence-corrected chi connectivity index (χ2v) is 4.39. The van der Waals surface area contributed by atoms with E-state index >= 15 is 0 Å². The first-order chi connectivity index (χ1) is 9.16. The van der Waals surface area contributed by atoms with Gasteiger partial charge in [0.05, 0.1) is 12.2 Å². The van der Waals surface area contributed by atoms with Crippen molar-refractivity contribution in [3.8, 4) is 0 Å². The summed E-state index contributed by atoms with van der Waals surface area (Å²) in [5.41, 5.74) is 7.62. The predicted octanol–water partition coefficient (Wildman–Crippen LogP) is 1.65. The zero-order valence-electron chi connectivity index (χ0n) is 10.2. The molecule has 19 heavy (non-hydrogen) atoms. The second kappa shape index (κ2) is 6.06. The Hall–Kier alpha value is -2.27. The average molecular weight is 271 g/mol. The molecule has 4 nitrogen and oxygen atoms in total. The van der Waals surface area contributed by atoms with Gasteiger partial charge in [-0.15, -0.1) is 0 Å². The van der Waals surface area contributed by atoms with Gasteiger partial charge in [-0.2, -0.15) is 0 Å². The number of nitrogens with zero attached hydrogens (tertiary/aromatic N) is 1. The number of aromatic nitrogens is 1. The zero-order valence-corrected chi connectivity index (χ0v) is 11.0. The van der Waals surface area contributed by atoms with Crippen molar-refractivity contribution in [2.24, 2.45) is 5.73 Å². The van der Waals surface area contributed by atoms with E-state index in [1.165, 1.54) is 0 Å². The molecule has 2 aromatic rings. The molecule has 96 valence electrons. The molecule has 0 spiro atoms. The molecular formula is C14H13N3OS. The van der Waals surface area contributed by atoms with Gasteiger partial charge in [0, 0.05) is 17.3 Å². The second-order valence-electron chi connectivity index (χ2n) is 3.95. The number of nitrogens with one attached hydrogen (secondary N) is 1. The monoisotopic (exact) mass is 271 g/mol. The lowest BCUT2D eigenvalue weighted by Gasteiger charge is -2.05. The Labute approximate surface area is 116 Å². The number of hydrogen-bond donors (Lipinski definition) is 2. The van der Waals surface area contributed by atoms with E-state index in [1.807, 2.05) is 18.2 Å². The molecule has 0 bridgehead atoms. The van der Waals surface area contributed by atoms with Crippen molar-refractivity contribution in [2.75, 3.05) is 0 Å². The minimum absolute atomic E-state index is 0.153. The van der Waals surface area contributed by atoms with Gasteiger partial charge in [-0.1, -0.05) is 30.4 Å². The molecule has 0 aliphatic rings. The van der Waals surface area contributed by atoms with Crippen molar-refractivity contribution in [2.45, 2.75) is 6.54 Å². The number of carbonyl (C=O) groups excluding carboxylic acids is 1. The molecule has 3 N–H and O–H groups in total. The van der Waals surface area contributed by atoms with Crippen LogP contribution in [0.1, 0.15) is 21.6 Å². The molecule has 0 atom stereocenters. The van der Waals surface area contributed by atoms with Crippen molar-refractivity contribution >= 4 is 23.1 Å². The van der Waals surface area contributed by atoms with Crippen LogP contribution in [0.5, 0.6) is 0 Å². The molecule has 1 amide bonds. The van der Waals surface area contributed by atoms with Crippen LogP contribution in [0.4, 0.5) is 0 Å². The van der Waals surface area contributed by atoms with Crippen LogP contribution >= 0.6 is 12.2 Å². The lowest BCUT2D eigenvalue weighted by atomic mass is 10.1. The van der Waals surface area contributed by atoms with Crippen molar-refractivity contribution in [1.82, 2.24) is 10.3 Å². The highest BCUT2D eigenvalue weighted by Crippen LogP contribution is 2.04.